The van der Waals surface area contributed by atoms with Crippen molar-refractivity contribution in [2.45, 2.75) is 6.92 Å². The second-order valence-corrected chi connectivity index (χ2v) is 3.06. The van der Waals surface area contributed by atoms with Gasteiger partial charge >= 0.3 is 0 Å². The zero-order valence-corrected chi connectivity index (χ0v) is 10.9. The fraction of sp³-hybridized carbons (Fsp3) is 0.167. The minimum atomic E-state index is 0. The summed E-state index contributed by atoms with van der Waals surface area (Å²) in [5.41, 5.74) is 1.22. The zero-order valence-electron chi connectivity index (χ0n) is 9.27. The Bertz CT molecular complexity index is 413. The first kappa shape index (κ1) is 17.4. The van der Waals surface area contributed by atoms with Crippen LogP contribution >= 0.6 is 24.8 Å². The molecule has 0 aliphatic rings. The van der Waals surface area contributed by atoms with Gasteiger partial charge in [0, 0.05) is 17.6 Å². The molecule has 90 valence electrons. The highest BCUT2D eigenvalue weighted by molar-refractivity contribution is 5.93. The largest absolute Gasteiger partial charge is 0.385 e. The Morgan fingerprint density at radius 3 is 2.25 bits per heavy atom. The van der Waals surface area contributed by atoms with Crippen LogP contribution in [0.15, 0.2) is 42.5 Å². The van der Waals surface area contributed by atoms with Crippen molar-refractivity contribution in [3.8, 4) is 0 Å². The number of fused-ring (bicyclic) bond motifs is 1. The van der Waals surface area contributed by atoms with E-state index in [0.717, 1.165) is 6.54 Å². The third kappa shape index (κ3) is 3.56. The lowest BCUT2D eigenvalue weighted by molar-refractivity contribution is 1.22. The standard InChI is InChI=1S/C12H13N.2ClH.H3N/c1-2-13-12-9-5-7-10-6-3-4-8-11(10)12;;;/h3-9,13H,2H2,1H3;2*1H;1H3. The molecule has 0 amide bonds. The average molecular weight is 261 g/mol. The Kier molecular flexibility index (Phi) is 8.96. The molecule has 2 aromatic carbocycles. The van der Waals surface area contributed by atoms with Crippen molar-refractivity contribution in [1.29, 1.82) is 0 Å². The van der Waals surface area contributed by atoms with Gasteiger partial charge in [0.15, 0.2) is 0 Å². The molecular formula is C12H18Cl2N2. The van der Waals surface area contributed by atoms with Crippen molar-refractivity contribution in [1.82, 2.24) is 6.15 Å². The van der Waals surface area contributed by atoms with E-state index in [0.29, 0.717) is 0 Å². The van der Waals surface area contributed by atoms with Crippen molar-refractivity contribution in [3.63, 3.8) is 0 Å². The first-order chi connectivity index (χ1) is 6.42. The molecule has 2 rings (SSSR count). The molecule has 0 heterocycles. The number of halogens is 2. The van der Waals surface area contributed by atoms with Gasteiger partial charge in [-0.05, 0) is 18.4 Å². The normalized spacial score (nSPS) is 8.31. The van der Waals surface area contributed by atoms with Gasteiger partial charge in [-0.1, -0.05) is 36.4 Å². The summed E-state index contributed by atoms with van der Waals surface area (Å²) in [4.78, 5) is 0. The van der Waals surface area contributed by atoms with Crippen LogP contribution in [-0.4, -0.2) is 6.54 Å². The Labute approximate surface area is 109 Å². The smallest absolute Gasteiger partial charge is 0.0419 e. The summed E-state index contributed by atoms with van der Waals surface area (Å²) < 4.78 is 0. The van der Waals surface area contributed by atoms with Crippen LogP contribution in [0.4, 0.5) is 5.69 Å². The van der Waals surface area contributed by atoms with Crippen molar-refractivity contribution in [3.05, 3.63) is 42.5 Å². The molecule has 0 saturated heterocycles. The van der Waals surface area contributed by atoms with Crippen LogP contribution in [-0.2, 0) is 0 Å². The van der Waals surface area contributed by atoms with Crippen LogP contribution in [0.3, 0.4) is 0 Å². The number of hydrogen-bond acceptors (Lipinski definition) is 2. The average Bonchev–Trinajstić information content (AvgIpc) is 2.19. The maximum atomic E-state index is 3.35. The molecule has 2 aromatic rings. The van der Waals surface area contributed by atoms with Gasteiger partial charge in [0.05, 0.1) is 0 Å². The van der Waals surface area contributed by atoms with Gasteiger partial charge in [0.2, 0.25) is 0 Å². The Hall–Kier alpha value is -0.960. The molecule has 2 nitrogen and oxygen atoms in total. The molecule has 0 aromatic heterocycles. The van der Waals surface area contributed by atoms with Gasteiger partial charge in [-0.25, -0.2) is 0 Å². The fourth-order valence-electron chi connectivity index (χ4n) is 1.57. The second-order valence-electron chi connectivity index (χ2n) is 3.06. The molecule has 4 heteroatoms. The van der Waals surface area contributed by atoms with Crippen LogP contribution in [0.1, 0.15) is 6.92 Å². The van der Waals surface area contributed by atoms with E-state index in [2.05, 4.69) is 54.7 Å². The molecule has 0 aliphatic carbocycles. The van der Waals surface area contributed by atoms with Gasteiger partial charge in [0.1, 0.15) is 0 Å². The van der Waals surface area contributed by atoms with Crippen molar-refractivity contribution in [2.24, 2.45) is 0 Å². The minimum absolute atomic E-state index is 0. The number of benzene rings is 2. The third-order valence-electron chi connectivity index (χ3n) is 2.16. The maximum Gasteiger partial charge on any atom is 0.0419 e. The molecule has 0 fully saturated rings. The highest BCUT2D eigenvalue weighted by Gasteiger charge is 1.96. The topological polar surface area (TPSA) is 47.0 Å². The lowest BCUT2D eigenvalue weighted by Gasteiger charge is -2.06. The van der Waals surface area contributed by atoms with E-state index in [9.17, 15) is 0 Å². The molecule has 0 radical (unpaired) electrons. The lowest BCUT2D eigenvalue weighted by atomic mass is 10.1. The number of rotatable bonds is 2. The van der Waals surface area contributed by atoms with E-state index >= 15 is 0 Å². The number of hydrogen-bond donors (Lipinski definition) is 2. The third-order valence-corrected chi connectivity index (χ3v) is 2.16. The summed E-state index contributed by atoms with van der Waals surface area (Å²) >= 11 is 0. The van der Waals surface area contributed by atoms with E-state index in [1.807, 2.05) is 0 Å². The van der Waals surface area contributed by atoms with Crippen LogP contribution in [0.25, 0.3) is 10.8 Å². The molecule has 0 unspecified atom stereocenters. The summed E-state index contributed by atoms with van der Waals surface area (Å²) in [5, 5.41) is 5.94. The van der Waals surface area contributed by atoms with E-state index in [4.69, 9.17) is 0 Å². The van der Waals surface area contributed by atoms with E-state index in [-0.39, 0.29) is 31.0 Å². The van der Waals surface area contributed by atoms with Gasteiger partial charge in [-0.15, -0.1) is 24.8 Å². The maximum absolute atomic E-state index is 3.35. The van der Waals surface area contributed by atoms with E-state index < -0.39 is 0 Å². The predicted octanol–water partition coefficient (Wildman–Crippen LogP) is 4.28. The molecular weight excluding hydrogens is 243 g/mol. The molecule has 0 spiro atoms. The monoisotopic (exact) mass is 260 g/mol. The quantitative estimate of drug-likeness (QED) is 0.847. The molecule has 0 atom stereocenters. The molecule has 4 N–H and O–H groups in total. The summed E-state index contributed by atoms with van der Waals surface area (Å²) in [5.74, 6) is 0. The van der Waals surface area contributed by atoms with Crippen LogP contribution in [0.5, 0.6) is 0 Å². The summed E-state index contributed by atoms with van der Waals surface area (Å²) in [6.45, 7) is 3.08. The molecule has 0 saturated carbocycles. The molecule has 0 bridgehead atoms. The zero-order chi connectivity index (χ0) is 9.10. The Morgan fingerprint density at radius 2 is 1.56 bits per heavy atom. The second kappa shape index (κ2) is 8.22. The Balaban J connectivity index is 0. The Morgan fingerprint density at radius 1 is 0.938 bits per heavy atom. The van der Waals surface area contributed by atoms with E-state index in [1.165, 1.54) is 16.5 Å². The van der Waals surface area contributed by atoms with Crippen molar-refractivity contribution in [2.75, 3.05) is 11.9 Å². The van der Waals surface area contributed by atoms with Crippen LogP contribution in [0.2, 0.25) is 0 Å². The van der Waals surface area contributed by atoms with Gasteiger partial charge in [0.25, 0.3) is 0 Å². The highest BCUT2D eigenvalue weighted by atomic mass is 35.5. The molecule has 16 heavy (non-hydrogen) atoms. The SMILES string of the molecule is CCNc1cccc2ccccc12.Cl.Cl.N. The summed E-state index contributed by atoms with van der Waals surface area (Å²) in [7, 11) is 0. The summed E-state index contributed by atoms with van der Waals surface area (Å²) in [6, 6.07) is 14.8. The first-order valence-corrected chi connectivity index (χ1v) is 4.63. The number of anilines is 1. The lowest BCUT2D eigenvalue weighted by Crippen LogP contribution is -1.96. The van der Waals surface area contributed by atoms with Gasteiger partial charge < -0.3 is 11.5 Å². The fourth-order valence-corrected chi connectivity index (χ4v) is 1.57. The summed E-state index contributed by atoms with van der Waals surface area (Å²) in [6.07, 6.45) is 0. The van der Waals surface area contributed by atoms with Gasteiger partial charge in [-0.2, -0.15) is 0 Å². The van der Waals surface area contributed by atoms with Crippen molar-refractivity contribution < 1.29 is 0 Å². The number of nitrogens with one attached hydrogen (secondary N) is 1. The predicted molar refractivity (Wildman–Crippen MR) is 77.6 cm³/mol. The van der Waals surface area contributed by atoms with Crippen LogP contribution < -0.4 is 11.5 Å². The van der Waals surface area contributed by atoms with E-state index in [1.54, 1.807) is 0 Å². The van der Waals surface area contributed by atoms with Gasteiger partial charge in [-0.3, -0.25) is 0 Å². The minimum Gasteiger partial charge on any atom is -0.385 e. The van der Waals surface area contributed by atoms with Crippen molar-refractivity contribution >= 4 is 41.3 Å². The molecule has 0 aliphatic heterocycles. The highest BCUT2D eigenvalue weighted by Crippen LogP contribution is 2.22. The van der Waals surface area contributed by atoms with Crippen LogP contribution in [0, 0.1) is 0 Å². The first-order valence-electron chi connectivity index (χ1n) is 4.63.